The maximum atomic E-state index is 13.3. The molecular weight excluding hydrogens is 283 g/mol. The van der Waals surface area contributed by atoms with Crippen molar-refractivity contribution in [3.8, 4) is 0 Å². The molecule has 3 heteroatoms. The van der Waals surface area contributed by atoms with Crippen LogP contribution >= 0.6 is 15.9 Å². The molecule has 0 aromatic heterocycles. The molecule has 1 fully saturated rings. The summed E-state index contributed by atoms with van der Waals surface area (Å²) in [4.78, 5) is 0. The van der Waals surface area contributed by atoms with E-state index in [1.54, 1.807) is 6.07 Å². The summed E-state index contributed by atoms with van der Waals surface area (Å²) in [7, 11) is 0. The van der Waals surface area contributed by atoms with Gasteiger partial charge in [0, 0.05) is 6.61 Å². The van der Waals surface area contributed by atoms with Crippen LogP contribution in [0.2, 0.25) is 0 Å². The van der Waals surface area contributed by atoms with E-state index < -0.39 is 0 Å². The van der Waals surface area contributed by atoms with Crippen molar-refractivity contribution in [3.63, 3.8) is 0 Å². The predicted molar refractivity (Wildman–Crippen MR) is 70.3 cm³/mol. The third-order valence-corrected chi connectivity index (χ3v) is 4.26. The molecule has 0 saturated heterocycles. The minimum Gasteiger partial charge on any atom is -0.376 e. The molecule has 1 nitrogen and oxygen atoms in total. The minimum atomic E-state index is -0.219. The van der Waals surface area contributed by atoms with Gasteiger partial charge in [-0.25, -0.2) is 4.39 Å². The molecule has 1 aliphatic carbocycles. The lowest BCUT2D eigenvalue weighted by Crippen LogP contribution is -2.13. The zero-order valence-corrected chi connectivity index (χ0v) is 11.5. The van der Waals surface area contributed by atoms with Gasteiger partial charge in [0.1, 0.15) is 5.82 Å². The first-order valence-electron chi connectivity index (χ1n) is 6.28. The van der Waals surface area contributed by atoms with E-state index in [-0.39, 0.29) is 5.82 Å². The van der Waals surface area contributed by atoms with E-state index in [4.69, 9.17) is 4.74 Å². The van der Waals surface area contributed by atoms with E-state index >= 15 is 0 Å². The average molecular weight is 301 g/mol. The molecule has 1 saturated carbocycles. The van der Waals surface area contributed by atoms with E-state index in [9.17, 15) is 4.39 Å². The van der Waals surface area contributed by atoms with Crippen LogP contribution in [0, 0.1) is 11.7 Å². The zero-order chi connectivity index (χ0) is 12.1. The van der Waals surface area contributed by atoms with E-state index in [0.717, 1.165) is 12.2 Å². The van der Waals surface area contributed by atoms with Gasteiger partial charge in [0.25, 0.3) is 0 Å². The highest BCUT2D eigenvalue weighted by atomic mass is 79.9. The van der Waals surface area contributed by atoms with Crippen LogP contribution in [0.5, 0.6) is 0 Å². The van der Waals surface area contributed by atoms with Crippen LogP contribution in [0.4, 0.5) is 4.39 Å². The Morgan fingerprint density at radius 3 is 2.76 bits per heavy atom. The highest BCUT2D eigenvalue weighted by Crippen LogP contribution is 2.25. The van der Waals surface area contributed by atoms with E-state index in [1.165, 1.54) is 38.2 Å². The second kappa shape index (κ2) is 6.50. The molecule has 1 aromatic rings. The zero-order valence-electron chi connectivity index (χ0n) is 9.92. The Bertz CT molecular complexity index is 361. The summed E-state index contributed by atoms with van der Waals surface area (Å²) < 4.78 is 19.5. The first-order chi connectivity index (χ1) is 8.27. The Balaban J connectivity index is 1.79. The molecule has 0 aliphatic heterocycles. The number of benzene rings is 1. The predicted octanol–water partition coefficient (Wildman–Crippen LogP) is 4.69. The standard InChI is InChI=1S/C14H18BrFO/c15-14-12(7-4-8-13(14)16)10-17-9-11-5-2-1-3-6-11/h4,7-8,11H,1-3,5-6,9-10H2. The summed E-state index contributed by atoms with van der Waals surface area (Å²) in [5, 5.41) is 0. The molecule has 0 atom stereocenters. The molecule has 0 radical (unpaired) electrons. The molecule has 0 N–H and O–H groups in total. The van der Waals surface area contributed by atoms with Crippen molar-refractivity contribution in [2.45, 2.75) is 38.7 Å². The van der Waals surface area contributed by atoms with Crippen molar-refractivity contribution >= 4 is 15.9 Å². The lowest BCUT2D eigenvalue weighted by Gasteiger charge is -2.21. The number of hydrogen-bond acceptors (Lipinski definition) is 1. The third-order valence-electron chi connectivity index (χ3n) is 3.37. The normalized spacial score (nSPS) is 17.3. The molecule has 0 unspecified atom stereocenters. The number of halogens is 2. The van der Waals surface area contributed by atoms with Gasteiger partial charge < -0.3 is 4.74 Å². The number of ether oxygens (including phenoxy) is 1. The van der Waals surface area contributed by atoms with Gasteiger partial charge in [0.2, 0.25) is 0 Å². The second-order valence-electron chi connectivity index (χ2n) is 4.73. The van der Waals surface area contributed by atoms with Crippen LogP contribution < -0.4 is 0 Å². The van der Waals surface area contributed by atoms with Gasteiger partial charge in [-0.05, 0) is 46.3 Å². The maximum Gasteiger partial charge on any atom is 0.137 e. The van der Waals surface area contributed by atoms with Crippen LogP contribution in [-0.2, 0) is 11.3 Å². The van der Waals surface area contributed by atoms with Gasteiger partial charge in [-0.15, -0.1) is 0 Å². The molecule has 0 bridgehead atoms. The van der Waals surface area contributed by atoms with E-state index in [2.05, 4.69) is 15.9 Å². The Morgan fingerprint density at radius 1 is 1.24 bits per heavy atom. The Hall–Kier alpha value is -0.410. The third kappa shape index (κ3) is 3.78. The summed E-state index contributed by atoms with van der Waals surface area (Å²) in [6.45, 7) is 1.30. The van der Waals surface area contributed by atoms with Gasteiger partial charge in [-0.2, -0.15) is 0 Å². The fourth-order valence-corrected chi connectivity index (χ4v) is 2.73. The molecule has 1 aromatic carbocycles. The minimum absolute atomic E-state index is 0.219. The van der Waals surface area contributed by atoms with Crippen molar-refractivity contribution in [1.82, 2.24) is 0 Å². The Labute approximate surface area is 110 Å². The fraction of sp³-hybridized carbons (Fsp3) is 0.571. The van der Waals surface area contributed by atoms with Crippen molar-refractivity contribution in [1.29, 1.82) is 0 Å². The molecule has 94 valence electrons. The first kappa shape index (κ1) is 13.0. The van der Waals surface area contributed by atoms with Crippen LogP contribution in [0.25, 0.3) is 0 Å². The van der Waals surface area contributed by atoms with Gasteiger partial charge in [-0.1, -0.05) is 31.4 Å². The second-order valence-corrected chi connectivity index (χ2v) is 5.53. The van der Waals surface area contributed by atoms with Crippen LogP contribution in [-0.4, -0.2) is 6.61 Å². The maximum absolute atomic E-state index is 13.3. The molecule has 0 spiro atoms. The van der Waals surface area contributed by atoms with Gasteiger partial charge in [0.15, 0.2) is 0 Å². The molecule has 2 rings (SSSR count). The summed E-state index contributed by atoms with van der Waals surface area (Å²) in [6.07, 6.45) is 6.59. The molecule has 1 aliphatic rings. The Morgan fingerprint density at radius 2 is 2.00 bits per heavy atom. The van der Waals surface area contributed by atoms with E-state index in [1.807, 2.05) is 6.07 Å². The molecule has 0 amide bonds. The van der Waals surface area contributed by atoms with Gasteiger partial charge in [-0.3, -0.25) is 0 Å². The van der Waals surface area contributed by atoms with Crippen LogP contribution in [0.15, 0.2) is 22.7 Å². The van der Waals surface area contributed by atoms with Crippen molar-refractivity contribution in [3.05, 3.63) is 34.1 Å². The number of rotatable bonds is 4. The monoisotopic (exact) mass is 300 g/mol. The van der Waals surface area contributed by atoms with Crippen LogP contribution in [0.1, 0.15) is 37.7 Å². The van der Waals surface area contributed by atoms with Crippen molar-refractivity contribution in [2.75, 3.05) is 6.61 Å². The summed E-state index contributed by atoms with van der Waals surface area (Å²) >= 11 is 3.25. The summed E-state index contributed by atoms with van der Waals surface area (Å²) in [6, 6.07) is 5.07. The number of hydrogen-bond donors (Lipinski definition) is 0. The fourth-order valence-electron chi connectivity index (χ4n) is 2.35. The lowest BCUT2D eigenvalue weighted by molar-refractivity contribution is 0.0734. The van der Waals surface area contributed by atoms with Gasteiger partial charge in [0.05, 0.1) is 11.1 Å². The molecule has 0 heterocycles. The van der Waals surface area contributed by atoms with E-state index in [0.29, 0.717) is 17.0 Å². The quantitative estimate of drug-likeness (QED) is 0.784. The highest BCUT2D eigenvalue weighted by molar-refractivity contribution is 9.10. The Kier molecular flexibility index (Phi) is 4.99. The SMILES string of the molecule is Fc1cccc(COCC2CCCCC2)c1Br. The molecule has 17 heavy (non-hydrogen) atoms. The van der Waals surface area contributed by atoms with Crippen molar-refractivity contribution in [2.24, 2.45) is 5.92 Å². The summed E-state index contributed by atoms with van der Waals surface area (Å²) in [5.74, 6) is 0.486. The summed E-state index contributed by atoms with van der Waals surface area (Å²) in [5.41, 5.74) is 0.890. The highest BCUT2D eigenvalue weighted by Gasteiger charge is 2.13. The van der Waals surface area contributed by atoms with Crippen LogP contribution in [0.3, 0.4) is 0 Å². The molecular formula is C14H18BrFO. The van der Waals surface area contributed by atoms with Gasteiger partial charge >= 0.3 is 0 Å². The topological polar surface area (TPSA) is 9.23 Å². The smallest absolute Gasteiger partial charge is 0.137 e. The lowest BCUT2D eigenvalue weighted by atomic mass is 9.90. The van der Waals surface area contributed by atoms with Crippen molar-refractivity contribution < 1.29 is 9.13 Å². The average Bonchev–Trinajstić information content (AvgIpc) is 2.36. The first-order valence-corrected chi connectivity index (χ1v) is 7.07. The largest absolute Gasteiger partial charge is 0.376 e.